The first-order valence-corrected chi connectivity index (χ1v) is 11.4. The second kappa shape index (κ2) is 10.1. The molecule has 1 heterocycles. The van der Waals surface area contributed by atoms with Crippen LogP contribution in [0, 0.1) is 5.92 Å². The average Bonchev–Trinajstić information content (AvgIpc) is 3.21. The number of hydrogen-bond donors (Lipinski definition) is 3. The molecule has 7 heteroatoms. The molecule has 2 aliphatic rings. The van der Waals surface area contributed by atoms with Crippen LogP contribution in [0.25, 0.3) is 0 Å². The van der Waals surface area contributed by atoms with E-state index >= 15 is 0 Å². The van der Waals surface area contributed by atoms with Crippen molar-refractivity contribution < 1.29 is 14.3 Å². The van der Waals surface area contributed by atoms with Gasteiger partial charge >= 0.3 is 0 Å². The highest BCUT2D eigenvalue weighted by atomic mass is 35.5. The van der Waals surface area contributed by atoms with Crippen LogP contribution in [-0.4, -0.2) is 42.7 Å². The lowest BCUT2D eigenvalue weighted by Crippen LogP contribution is -2.55. The molecule has 3 rings (SSSR count). The molecule has 2 fully saturated rings. The number of carbonyl (C=O) groups excluding carboxylic acids is 2. The number of carbonyl (C=O) groups is 2. The summed E-state index contributed by atoms with van der Waals surface area (Å²) in [4.78, 5) is 25.7. The lowest BCUT2D eigenvalue weighted by molar-refractivity contribution is -0.131. The smallest absolute Gasteiger partial charge is 0.243 e. The van der Waals surface area contributed by atoms with Crippen molar-refractivity contribution in [2.24, 2.45) is 11.7 Å². The second-order valence-electron chi connectivity index (χ2n) is 9.18. The van der Waals surface area contributed by atoms with Crippen LogP contribution in [0.15, 0.2) is 24.3 Å². The first-order valence-electron chi connectivity index (χ1n) is 11.0. The van der Waals surface area contributed by atoms with Gasteiger partial charge in [0.2, 0.25) is 11.8 Å². The standard InChI is InChI=1S/C23H34ClN3O3/c1-23(2)13-16(11-12-30-23)20(15-7-9-17(24)10-8-15)21(27-19(28)14-25)22(29)26-18-5-3-4-6-18/h7-10,16,18,20-21H,3-6,11-14,25H2,1-2H3,(H,26,29)(H,27,28). The molecule has 1 saturated heterocycles. The normalized spacial score (nSPS) is 23.5. The van der Waals surface area contributed by atoms with Gasteiger partial charge < -0.3 is 21.1 Å². The van der Waals surface area contributed by atoms with E-state index in [1.807, 2.05) is 24.3 Å². The van der Waals surface area contributed by atoms with Gasteiger partial charge in [-0.05, 0) is 63.1 Å². The fourth-order valence-electron chi connectivity index (χ4n) is 4.92. The predicted octanol–water partition coefficient (Wildman–Crippen LogP) is 3.13. The van der Waals surface area contributed by atoms with Gasteiger partial charge in [0.1, 0.15) is 6.04 Å². The average molecular weight is 436 g/mol. The van der Waals surface area contributed by atoms with Crippen LogP contribution >= 0.6 is 11.6 Å². The van der Waals surface area contributed by atoms with Crippen molar-refractivity contribution in [3.05, 3.63) is 34.9 Å². The lowest BCUT2D eigenvalue weighted by Gasteiger charge is -2.42. The zero-order chi connectivity index (χ0) is 21.7. The Morgan fingerprint density at radius 2 is 1.87 bits per heavy atom. The maximum atomic E-state index is 13.4. The van der Waals surface area contributed by atoms with Crippen molar-refractivity contribution in [1.82, 2.24) is 10.6 Å². The summed E-state index contributed by atoms with van der Waals surface area (Å²) in [5, 5.41) is 6.75. The van der Waals surface area contributed by atoms with Crippen molar-refractivity contribution in [2.45, 2.75) is 76.0 Å². The van der Waals surface area contributed by atoms with E-state index in [9.17, 15) is 9.59 Å². The van der Waals surface area contributed by atoms with Gasteiger partial charge in [-0.3, -0.25) is 9.59 Å². The van der Waals surface area contributed by atoms with E-state index in [4.69, 9.17) is 22.1 Å². The first kappa shape index (κ1) is 23.0. The third-order valence-electron chi connectivity index (χ3n) is 6.34. The maximum Gasteiger partial charge on any atom is 0.243 e. The second-order valence-corrected chi connectivity index (χ2v) is 9.61. The fourth-order valence-corrected chi connectivity index (χ4v) is 5.05. The van der Waals surface area contributed by atoms with Crippen LogP contribution in [-0.2, 0) is 14.3 Å². The molecule has 1 aromatic carbocycles. The van der Waals surface area contributed by atoms with Crippen LogP contribution in [0.1, 0.15) is 63.9 Å². The van der Waals surface area contributed by atoms with Crippen LogP contribution in [0.4, 0.5) is 0 Å². The van der Waals surface area contributed by atoms with E-state index in [0.717, 1.165) is 44.1 Å². The number of hydrogen-bond acceptors (Lipinski definition) is 4. The van der Waals surface area contributed by atoms with E-state index in [-0.39, 0.29) is 41.8 Å². The summed E-state index contributed by atoms with van der Waals surface area (Å²) < 4.78 is 5.92. The van der Waals surface area contributed by atoms with Gasteiger partial charge in [0.05, 0.1) is 12.1 Å². The Morgan fingerprint density at radius 3 is 2.47 bits per heavy atom. The predicted molar refractivity (Wildman–Crippen MR) is 118 cm³/mol. The SMILES string of the molecule is CC1(C)CC(C(c2ccc(Cl)cc2)C(NC(=O)CN)C(=O)NC2CCCC2)CCO1. The zero-order valence-electron chi connectivity index (χ0n) is 18.0. The number of benzene rings is 1. The van der Waals surface area contributed by atoms with Gasteiger partial charge in [-0.2, -0.15) is 0 Å². The summed E-state index contributed by atoms with van der Waals surface area (Å²) in [5.41, 5.74) is 6.29. The van der Waals surface area contributed by atoms with E-state index in [1.165, 1.54) is 0 Å². The number of amides is 2. The van der Waals surface area contributed by atoms with Gasteiger partial charge in [0.25, 0.3) is 0 Å². The number of nitrogens with two attached hydrogens (primary N) is 1. The molecule has 0 radical (unpaired) electrons. The molecule has 3 unspecified atom stereocenters. The first-order chi connectivity index (χ1) is 14.3. The number of nitrogens with one attached hydrogen (secondary N) is 2. The Morgan fingerprint density at radius 1 is 1.20 bits per heavy atom. The maximum absolute atomic E-state index is 13.4. The summed E-state index contributed by atoms with van der Waals surface area (Å²) in [5.74, 6) is -0.477. The summed E-state index contributed by atoms with van der Waals surface area (Å²) in [6.45, 7) is 4.62. The molecule has 1 aliphatic carbocycles. The highest BCUT2D eigenvalue weighted by molar-refractivity contribution is 6.30. The number of halogens is 1. The van der Waals surface area contributed by atoms with E-state index in [0.29, 0.717) is 11.6 Å². The van der Waals surface area contributed by atoms with Gasteiger partial charge in [0.15, 0.2) is 0 Å². The van der Waals surface area contributed by atoms with Gasteiger partial charge in [-0.25, -0.2) is 0 Å². The Kier molecular flexibility index (Phi) is 7.77. The molecule has 0 spiro atoms. The van der Waals surface area contributed by atoms with E-state index in [1.54, 1.807) is 0 Å². The van der Waals surface area contributed by atoms with Crippen molar-refractivity contribution in [3.8, 4) is 0 Å². The third-order valence-corrected chi connectivity index (χ3v) is 6.59. The van der Waals surface area contributed by atoms with Crippen molar-refractivity contribution in [1.29, 1.82) is 0 Å². The van der Waals surface area contributed by atoms with Crippen molar-refractivity contribution >= 4 is 23.4 Å². The van der Waals surface area contributed by atoms with Crippen LogP contribution in [0.5, 0.6) is 0 Å². The Balaban J connectivity index is 1.94. The van der Waals surface area contributed by atoms with Gasteiger partial charge in [-0.1, -0.05) is 36.6 Å². The summed E-state index contributed by atoms with van der Waals surface area (Å²) >= 11 is 6.12. The van der Waals surface area contributed by atoms with Crippen molar-refractivity contribution in [2.75, 3.05) is 13.2 Å². The number of ether oxygens (including phenoxy) is 1. The molecule has 30 heavy (non-hydrogen) atoms. The highest BCUT2D eigenvalue weighted by Gasteiger charge is 2.41. The van der Waals surface area contributed by atoms with E-state index in [2.05, 4.69) is 24.5 Å². The van der Waals surface area contributed by atoms with Crippen molar-refractivity contribution in [3.63, 3.8) is 0 Å². The van der Waals surface area contributed by atoms with Gasteiger partial charge in [0, 0.05) is 23.6 Å². The minimum Gasteiger partial charge on any atom is -0.376 e. The topological polar surface area (TPSA) is 93.5 Å². The summed E-state index contributed by atoms with van der Waals surface area (Å²) in [7, 11) is 0. The molecule has 166 valence electrons. The highest BCUT2D eigenvalue weighted by Crippen LogP contribution is 2.40. The lowest BCUT2D eigenvalue weighted by atomic mass is 9.73. The fraction of sp³-hybridized carbons (Fsp3) is 0.652. The van der Waals surface area contributed by atoms with Gasteiger partial charge in [-0.15, -0.1) is 0 Å². The number of rotatable bonds is 7. The van der Waals surface area contributed by atoms with Crippen LogP contribution < -0.4 is 16.4 Å². The molecular weight excluding hydrogens is 402 g/mol. The molecule has 1 saturated carbocycles. The monoisotopic (exact) mass is 435 g/mol. The minimum absolute atomic E-state index is 0.132. The Bertz CT molecular complexity index is 732. The Labute approximate surface area is 184 Å². The molecule has 3 atom stereocenters. The molecule has 1 aliphatic heterocycles. The molecule has 6 nitrogen and oxygen atoms in total. The molecule has 4 N–H and O–H groups in total. The molecule has 0 bridgehead atoms. The molecule has 0 aromatic heterocycles. The van der Waals surface area contributed by atoms with E-state index < -0.39 is 6.04 Å². The van der Waals surface area contributed by atoms with Crippen LogP contribution in [0.2, 0.25) is 5.02 Å². The van der Waals surface area contributed by atoms with Crippen LogP contribution in [0.3, 0.4) is 0 Å². The summed E-state index contributed by atoms with van der Waals surface area (Å²) in [6.07, 6.45) is 5.84. The largest absolute Gasteiger partial charge is 0.376 e. The quantitative estimate of drug-likeness (QED) is 0.613. The molecular formula is C23H34ClN3O3. The Hall–Kier alpha value is -1.63. The molecule has 1 aromatic rings. The molecule has 2 amide bonds. The minimum atomic E-state index is -0.693. The summed E-state index contributed by atoms with van der Waals surface area (Å²) in [6, 6.07) is 7.07. The zero-order valence-corrected chi connectivity index (χ0v) is 18.7. The third kappa shape index (κ3) is 5.96.